The molecule has 1 saturated carbocycles. The molecule has 0 spiro atoms. The van der Waals surface area contributed by atoms with Gasteiger partial charge in [-0.15, -0.1) is 0 Å². The third-order valence-corrected chi connectivity index (χ3v) is 3.94. The van der Waals surface area contributed by atoms with Crippen molar-refractivity contribution >= 4 is 5.69 Å². The Labute approximate surface area is 85.7 Å². The van der Waals surface area contributed by atoms with Gasteiger partial charge in [-0.1, -0.05) is 31.0 Å². The maximum absolute atomic E-state index is 2.50. The Morgan fingerprint density at radius 3 is 2.86 bits per heavy atom. The van der Waals surface area contributed by atoms with Gasteiger partial charge in [0.2, 0.25) is 0 Å². The van der Waals surface area contributed by atoms with Crippen molar-refractivity contribution in [1.29, 1.82) is 0 Å². The lowest BCUT2D eigenvalue weighted by atomic mass is 9.82. The summed E-state index contributed by atoms with van der Waals surface area (Å²) in [4.78, 5) is 2.50. The van der Waals surface area contributed by atoms with Crippen LogP contribution in [0.4, 0.5) is 5.69 Å². The van der Waals surface area contributed by atoms with Gasteiger partial charge >= 0.3 is 0 Å². The normalized spacial score (nSPS) is 29.9. The van der Waals surface area contributed by atoms with E-state index in [1.165, 1.54) is 31.4 Å². The molecule has 14 heavy (non-hydrogen) atoms. The third-order valence-electron chi connectivity index (χ3n) is 3.94. The number of fused-ring (bicyclic) bond motifs is 3. The lowest BCUT2D eigenvalue weighted by Gasteiger charge is -2.30. The second-order valence-corrected chi connectivity index (χ2v) is 4.63. The van der Waals surface area contributed by atoms with Crippen molar-refractivity contribution in [3.05, 3.63) is 29.8 Å². The van der Waals surface area contributed by atoms with E-state index >= 15 is 0 Å². The van der Waals surface area contributed by atoms with Gasteiger partial charge in [0.05, 0.1) is 0 Å². The second-order valence-electron chi connectivity index (χ2n) is 4.63. The van der Waals surface area contributed by atoms with E-state index in [-0.39, 0.29) is 0 Å². The molecule has 0 saturated heterocycles. The van der Waals surface area contributed by atoms with Gasteiger partial charge < -0.3 is 4.90 Å². The minimum absolute atomic E-state index is 0.793. The highest BCUT2D eigenvalue weighted by molar-refractivity contribution is 5.61. The molecule has 1 aliphatic heterocycles. The Hall–Kier alpha value is -0.980. The average Bonchev–Trinajstić information content (AvgIpc) is 2.55. The first-order chi connectivity index (χ1) is 6.88. The summed E-state index contributed by atoms with van der Waals surface area (Å²) in [6.07, 6.45) is 5.62. The van der Waals surface area contributed by atoms with Crippen LogP contribution < -0.4 is 4.90 Å². The molecule has 2 atom stereocenters. The lowest BCUT2D eigenvalue weighted by molar-refractivity contribution is 0.396. The molecule has 0 unspecified atom stereocenters. The number of rotatable bonds is 0. The largest absolute Gasteiger partial charge is 0.371 e. The zero-order chi connectivity index (χ0) is 9.54. The molecule has 1 heterocycles. The number of hydrogen-bond acceptors (Lipinski definition) is 1. The molecular formula is C13H17N. The molecule has 0 radical (unpaired) electrons. The second kappa shape index (κ2) is 3.01. The van der Waals surface area contributed by atoms with Crippen LogP contribution in [0, 0.1) is 0 Å². The van der Waals surface area contributed by atoms with Crippen LogP contribution in [0.1, 0.15) is 37.2 Å². The predicted octanol–water partition coefficient (Wildman–Crippen LogP) is 3.16. The van der Waals surface area contributed by atoms with E-state index in [9.17, 15) is 0 Å². The van der Waals surface area contributed by atoms with E-state index < -0.39 is 0 Å². The van der Waals surface area contributed by atoms with Crippen molar-refractivity contribution in [3.8, 4) is 0 Å². The summed E-state index contributed by atoms with van der Waals surface area (Å²) in [6.45, 7) is 0. The van der Waals surface area contributed by atoms with E-state index in [2.05, 4.69) is 36.2 Å². The molecule has 1 heteroatoms. The average molecular weight is 187 g/mol. The van der Waals surface area contributed by atoms with Gasteiger partial charge in [-0.25, -0.2) is 0 Å². The van der Waals surface area contributed by atoms with Gasteiger partial charge in [-0.05, 0) is 24.5 Å². The van der Waals surface area contributed by atoms with Crippen LogP contribution in [-0.2, 0) is 0 Å². The van der Waals surface area contributed by atoms with E-state index in [4.69, 9.17) is 0 Å². The van der Waals surface area contributed by atoms with Gasteiger partial charge in [0.15, 0.2) is 0 Å². The maximum atomic E-state index is 2.50. The van der Waals surface area contributed by atoms with E-state index in [0.717, 1.165) is 12.0 Å². The number of likely N-dealkylation sites (N-methyl/N-ethyl adjacent to an activating group) is 1. The highest BCUT2D eigenvalue weighted by atomic mass is 15.2. The Kier molecular flexibility index (Phi) is 1.79. The first kappa shape index (κ1) is 8.34. The Balaban J connectivity index is 2.06. The number of benzene rings is 1. The smallest absolute Gasteiger partial charge is 0.0402 e. The van der Waals surface area contributed by atoms with Crippen LogP contribution >= 0.6 is 0 Å². The van der Waals surface area contributed by atoms with Crippen LogP contribution in [0.5, 0.6) is 0 Å². The monoisotopic (exact) mass is 187 g/mol. The van der Waals surface area contributed by atoms with E-state index in [0.29, 0.717) is 0 Å². The van der Waals surface area contributed by atoms with Gasteiger partial charge in [0, 0.05) is 24.7 Å². The minimum Gasteiger partial charge on any atom is -0.371 e. The molecule has 1 aromatic carbocycles. The Morgan fingerprint density at radius 1 is 1.14 bits per heavy atom. The molecule has 74 valence electrons. The fraction of sp³-hybridized carbons (Fsp3) is 0.538. The SMILES string of the molecule is CN1c2ccccc2[C@H]2CCCC[C@@H]21. The maximum Gasteiger partial charge on any atom is 0.0402 e. The molecular weight excluding hydrogens is 170 g/mol. The minimum atomic E-state index is 0.793. The Bertz CT molecular complexity index is 345. The lowest BCUT2D eigenvalue weighted by Crippen LogP contribution is -2.32. The van der Waals surface area contributed by atoms with Gasteiger partial charge in [-0.3, -0.25) is 0 Å². The molecule has 2 aliphatic rings. The van der Waals surface area contributed by atoms with Gasteiger partial charge in [0.1, 0.15) is 0 Å². The topological polar surface area (TPSA) is 3.24 Å². The van der Waals surface area contributed by atoms with Gasteiger partial charge in [0.25, 0.3) is 0 Å². The molecule has 0 bridgehead atoms. The van der Waals surface area contributed by atoms with Crippen LogP contribution in [0.2, 0.25) is 0 Å². The third kappa shape index (κ3) is 1.01. The summed E-state index contributed by atoms with van der Waals surface area (Å²) >= 11 is 0. The summed E-state index contributed by atoms with van der Waals surface area (Å²) in [5.41, 5.74) is 3.07. The van der Waals surface area contributed by atoms with Crippen LogP contribution in [0.15, 0.2) is 24.3 Å². The Morgan fingerprint density at radius 2 is 1.93 bits per heavy atom. The fourth-order valence-electron chi connectivity index (χ4n) is 3.24. The molecule has 1 aliphatic carbocycles. The van der Waals surface area contributed by atoms with Crippen molar-refractivity contribution in [1.82, 2.24) is 0 Å². The molecule has 1 fully saturated rings. The first-order valence-corrected chi connectivity index (χ1v) is 5.69. The molecule has 3 rings (SSSR count). The van der Waals surface area contributed by atoms with Crippen molar-refractivity contribution in [2.75, 3.05) is 11.9 Å². The number of nitrogens with zero attached hydrogens (tertiary/aromatic N) is 1. The zero-order valence-corrected chi connectivity index (χ0v) is 8.74. The molecule has 1 nitrogen and oxygen atoms in total. The zero-order valence-electron chi connectivity index (χ0n) is 8.74. The summed E-state index contributed by atoms with van der Waals surface area (Å²) in [6, 6.07) is 9.73. The predicted molar refractivity (Wildman–Crippen MR) is 59.8 cm³/mol. The van der Waals surface area contributed by atoms with Crippen molar-refractivity contribution in [3.63, 3.8) is 0 Å². The summed E-state index contributed by atoms with van der Waals surface area (Å²) in [5.74, 6) is 0.824. The highest BCUT2D eigenvalue weighted by Gasteiger charge is 2.37. The van der Waals surface area contributed by atoms with Crippen LogP contribution in [0.25, 0.3) is 0 Å². The van der Waals surface area contributed by atoms with Crippen molar-refractivity contribution in [2.45, 2.75) is 37.6 Å². The standard InChI is InChI=1S/C13H17N/c1-14-12-8-4-2-6-10(12)11-7-3-5-9-13(11)14/h2,4,6,8,11,13H,3,5,7,9H2,1H3/t11-,13+/m1/s1. The molecule has 0 aromatic heterocycles. The molecule has 1 aromatic rings. The summed E-state index contributed by atoms with van der Waals surface area (Å²) < 4.78 is 0. The van der Waals surface area contributed by atoms with Crippen LogP contribution in [0.3, 0.4) is 0 Å². The quantitative estimate of drug-likeness (QED) is 0.603. The summed E-state index contributed by atoms with van der Waals surface area (Å²) in [7, 11) is 2.26. The summed E-state index contributed by atoms with van der Waals surface area (Å²) in [5, 5.41) is 0. The van der Waals surface area contributed by atoms with E-state index in [1.54, 1.807) is 5.56 Å². The van der Waals surface area contributed by atoms with Crippen molar-refractivity contribution in [2.24, 2.45) is 0 Å². The molecule has 0 amide bonds. The van der Waals surface area contributed by atoms with Gasteiger partial charge in [-0.2, -0.15) is 0 Å². The fourth-order valence-corrected chi connectivity index (χ4v) is 3.24. The van der Waals surface area contributed by atoms with Crippen molar-refractivity contribution < 1.29 is 0 Å². The highest BCUT2D eigenvalue weighted by Crippen LogP contribution is 2.46. The number of para-hydroxylation sites is 1. The van der Waals surface area contributed by atoms with E-state index in [1.807, 2.05) is 0 Å². The number of anilines is 1. The first-order valence-electron chi connectivity index (χ1n) is 5.69. The number of hydrogen-bond donors (Lipinski definition) is 0. The van der Waals surface area contributed by atoms with Crippen LogP contribution in [-0.4, -0.2) is 13.1 Å². The molecule has 0 N–H and O–H groups in total.